The van der Waals surface area contributed by atoms with Crippen LogP contribution in [0.4, 0.5) is 0 Å². The third-order valence-corrected chi connectivity index (χ3v) is 3.06. The van der Waals surface area contributed by atoms with E-state index in [-0.39, 0.29) is 18.0 Å². The van der Waals surface area contributed by atoms with Crippen LogP contribution in [-0.2, 0) is 4.79 Å². The van der Waals surface area contributed by atoms with Crippen molar-refractivity contribution in [2.24, 2.45) is 5.73 Å². The molecule has 0 spiro atoms. The predicted molar refractivity (Wildman–Crippen MR) is 64.7 cm³/mol. The van der Waals surface area contributed by atoms with Gasteiger partial charge in [0.2, 0.25) is 5.91 Å². The Morgan fingerprint density at radius 1 is 1.73 bits per heavy atom. The summed E-state index contributed by atoms with van der Waals surface area (Å²) in [5.41, 5.74) is 5.68. The van der Waals surface area contributed by atoms with Crippen LogP contribution in [-0.4, -0.2) is 41.0 Å². The maximum Gasteiger partial charge on any atom is 0.217 e. The highest BCUT2D eigenvalue weighted by atomic mass is 32.1. The molecule has 0 aliphatic carbocycles. The van der Waals surface area contributed by atoms with Crippen LogP contribution >= 0.6 is 12.2 Å². The Kier molecular flexibility index (Phi) is 4.47. The molecule has 0 aromatic rings. The minimum Gasteiger partial charge on any atom is -0.392 e. The fourth-order valence-electron chi connectivity index (χ4n) is 2.11. The number of nitrogens with zero attached hydrogens (tertiary/aromatic N) is 1. The molecule has 1 aliphatic rings. The first-order valence-electron chi connectivity index (χ1n) is 5.35. The molecule has 1 rings (SSSR count). The molecule has 86 valence electrons. The number of nitrogens with one attached hydrogen (secondary N) is 1. The fraction of sp³-hybridized carbons (Fsp3) is 0.800. The number of carbonyl (C=O) groups is 1. The third kappa shape index (κ3) is 3.43. The first-order chi connectivity index (χ1) is 7.04. The van der Waals surface area contributed by atoms with Crippen LogP contribution in [0.15, 0.2) is 0 Å². The van der Waals surface area contributed by atoms with Crippen LogP contribution in [0, 0.1) is 0 Å². The zero-order valence-corrected chi connectivity index (χ0v) is 10.1. The number of rotatable bonds is 4. The van der Waals surface area contributed by atoms with Gasteiger partial charge in [-0.15, -0.1) is 0 Å². The van der Waals surface area contributed by atoms with Crippen molar-refractivity contribution < 1.29 is 4.79 Å². The monoisotopic (exact) mass is 229 g/mol. The summed E-state index contributed by atoms with van der Waals surface area (Å²) in [5, 5.41) is 2.92. The van der Waals surface area contributed by atoms with Crippen molar-refractivity contribution in [1.82, 2.24) is 10.2 Å². The number of hydrogen-bond donors (Lipinski definition) is 2. The quantitative estimate of drug-likeness (QED) is 0.679. The highest BCUT2D eigenvalue weighted by Crippen LogP contribution is 2.15. The Balaban J connectivity index is 2.47. The Hall–Kier alpha value is -0.680. The van der Waals surface area contributed by atoms with Crippen molar-refractivity contribution in [3.63, 3.8) is 0 Å². The van der Waals surface area contributed by atoms with Gasteiger partial charge in [-0.05, 0) is 12.8 Å². The second kappa shape index (κ2) is 5.42. The molecule has 2 atom stereocenters. The molecule has 0 bridgehead atoms. The molecule has 1 fully saturated rings. The van der Waals surface area contributed by atoms with E-state index < -0.39 is 0 Å². The molecular formula is C10H19N3OS. The SMILES string of the molecule is CCC(C(N)=S)N1CCC(NC(C)=O)C1. The van der Waals surface area contributed by atoms with Crippen LogP contribution < -0.4 is 11.1 Å². The second-order valence-electron chi connectivity index (χ2n) is 4.01. The summed E-state index contributed by atoms with van der Waals surface area (Å²) < 4.78 is 0. The molecule has 1 aliphatic heterocycles. The number of likely N-dealkylation sites (tertiary alicyclic amines) is 1. The Bertz CT molecular complexity index is 257. The van der Waals surface area contributed by atoms with E-state index >= 15 is 0 Å². The zero-order chi connectivity index (χ0) is 11.4. The molecule has 0 aromatic carbocycles. The van der Waals surface area contributed by atoms with Crippen molar-refractivity contribution >= 4 is 23.1 Å². The van der Waals surface area contributed by atoms with Gasteiger partial charge in [0.25, 0.3) is 0 Å². The lowest BCUT2D eigenvalue weighted by molar-refractivity contribution is -0.119. The molecule has 0 aromatic heterocycles. The number of nitrogens with two attached hydrogens (primary N) is 1. The lowest BCUT2D eigenvalue weighted by Gasteiger charge is -2.25. The lowest BCUT2D eigenvalue weighted by atomic mass is 10.2. The van der Waals surface area contributed by atoms with Gasteiger partial charge >= 0.3 is 0 Å². The summed E-state index contributed by atoms with van der Waals surface area (Å²) in [6.45, 7) is 5.44. The standard InChI is InChI=1S/C10H19N3OS/c1-3-9(10(11)15)13-5-4-8(6-13)12-7(2)14/h8-9H,3-6H2,1-2H3,(H2,11,15)(H,12,14). The molecule has 1 saturated heterocycles. The van der Waals surface area contributed by atoms with Crippen molar-refractivity contribution in [2.45, 2.75) is 38.8 Å². The van der Waals surface area contributed by atoms with Crippen molar-refractivity contribution in [3.8, 4) is 0 Å². The number of carbonyl (C=O) groups excluding carboxylic acids is 1. The maximum absolute atomic E-state index is 10.9. The summed E-state index contributed by atoms with van der Waals surface area (Å²) in [7, 11) is 0. The molecule has 0 saturated carbocycles. The summed E-state index contributed by atoms with van der Waals surface area (Å²) >= 11 is 5.03. The van der Waals surface area contributed by atoms with Gasteiger partial charge in [-0.1, -0.05) is 19.1 Å². The molecule has 15 heavy (non-hydrogen) atoms. The van der Waals surface area contributed by atoms with E-state index in [2.05, 4.69) is 17.1 Å². The van der Waals surface area contributed by atoms with E-state index in [1.807, 2.05) is 0 Å². The van der Waals surface area contributed by atoms with Gasteiger partial charge in [-0.25, -0.2) is 0 Å². The minimum atomic E-state index is 0.0326. The zero-order valence-electron chi connectivity index (χ0n) is 9.32. The van der Waals surface area contributed by atoms with E-state index in [0.717, 1.165) is 25.9 Å². The smallest absolute Gasteiger partial charge is 0.217 e. The molecule has 2 unspecified atom stereocenters. The summed E-state index contributed by atoms with van der Waals surface area (Å²) in [5.74, 6) is 0.0326. The third-order valence-electron chi connectivity index (χ3n) is 2.78. The molecule has 5 heteroatoms. The predicted octanol–water partition coefficient (Wildman–Crippen LogP) is 0.262. The van der Waals surface area contributed by atoms with Crippen LogP contribution in [0.3, 0.4) is 0 Å². The summed E-state index contributed by atoms with van der Waals surface area (Å²) in [4.78, 5) is 13.7. The number of hydrogen-bond acceptors (Lipinski definition) is 3. The van der Waals surface area contributed by atoms with E-state index in [0.29, 0.717) is 4.99 Å². The van der Waals surface area contributed by atoms with Gasteiger partial charge in [0.05, 0.1) is 11.0 Å². The molecule has 3 N–H and O–H groups in total. The summed E-state index contributed by atoms with van der Waals surface area (Å²) in [6, 6.07) is 0.435. The molecule has 0 radical (unpaired) electrons. The lowest BCUT2D eigenvalue weighted by Crippen LogP contribution is -2.44. The van der Waals surface area contributed by atoms with Crippen LogP contribution in [0.1, 0.15) is 26.7 Å². The molecule has 4 nitrogen and oxygen atoms in total. The van der Waals surface area contributed by atoms with Crippen LogP contribution in [0.2, 0.25) is 0 Å². The van der Waals surface area contributed by atoms with E-state index in [1.54, 1.807) is 6.92 Å². The topological polar surface area (TPSA) is 58.4 Å². The van der Waals surface area contributed by atoms with Crippen LogP contribution in [0.25, 0.3) is 0 Å². The first-order valence-corrected chi connectivity index (χ1v) is 5.76. The van der Waals surface area contributed by atoms with E-state index in [1.165, 1.54) is 0 Å². The van der Waals surface area contributed by atoms with Gasteiger partial charge < -0.3 is 11.1 Å². The largest absolute Gasteiger partial charge is 0.392 e. The van der Waals surface area contributed by atoms with E-state index in [4.69, 9.17) is 18.0 Å². The van der Waals surface area contributed by atoms with Gasteiger partial charge in [0, 0.05) is 26.1 Å². The van der Waals surface area contributed by atoms with Gasteiger partial charge in [-0.2, -0.15) is 0 Å². The molecular weight excluding hydrogens is 210 g/mol. The fourth-order valence-corrected chi connectivity index (χ4v) is 2.43. The minimum absolute atomic E-state index is 0.0326. The first kappa shape index (κ1) is 12.4. The molecule has 1 amide bonds. The van der Waals surface area contributed by atoms with Crippen molar-refractivity contribution in [2.75, 3.05) is 13.1 Å². The van der Waals surface area contributed by atoms with Gasteiger partial charge in [0.15, 0.2) is 0 Å². The van der Waals surface area contributed by atoms with Crippen LogP contribution in [0.5, 0.6) is 0 Å². The average Bonchev–Trinajstić information content (AvgIpc) is 2.52. The van der Waals surface area contributed by atoms with Crippen molar-refractivity contribution in [3.05, 3.63) is 0 Å². The average molecular weight is 229 g/mol. The normalized spacial score (nSPS) is 23.7. The Morgan fingerprint density at radius 3 is 2.87 bits per heavy atom. The van der Waals surface area contributed by atoms with Gasteiger partial charge in [0.1, 0.15) is 0 Å². The Labute approximate surface area is 96.2 Å². The van der Waals surface area contributed by atoms with Crippen molar-refractivity contribution in [1.29, 1.82) is 0 Å². The molecule has 1 heterocycles. The van der Waals surface area contributed by atoms with E-state index in [9.17, 15) is 4.79 Å². The maximum atomic E-state index is 10.9. The summed E-state index contributed by atoms with van der Waals surface area (Å²) in [6.07, 6.45) is 1.92. The number of amides is 1. The van der Waals surface area contributed by atoms with Gasteiger partial charge in [-0.3, -0.25) is 9.69 Å². The number of thiocarbonyl (C=S) groups is 1. The highest BCUT2D eigenvalue weighted by molar-refractivity contribution is 7.80. The second-order valence-corrected chi connectivity index (χ2v) is 4.48. The highest BCUT2D eigenvalue weighted by Gasteiger charge is 2.28. The Morgan fingerprint density at radius 2 is 2.40 bits per heavy atom.